The standard InChI is InChI=1S/C28H34ClN5O6/c1-18(2)32-26(35)10-13-38-21-5-8-24(20(14-21)16-30)39-12-3-11-31-28(37)17-40-25-7-4-19(15-22(25)29)23-6-9-27(36)34-33-23/h4-5,7-8,14-15,18,26,32,35H,3,6,9-13,17H2,1-2H3,(H,31,37)(H,34,36). The molecule has 12 heteroatoms. The lowest BCUT2D eigenvalue weighted by molar-refractivity contribution is -0.123. The van der Waals surface area contributed by atoms with E-state index in [1.54, 1.807) is 36.4 Å². The number of amides is 2. The largest absolute Gasteiger partial charge is 0.493 e. The van der Waals surface area contributed by atoms with E-state index in [4.69, 9.17) is 25.8 Å². The molecule has 1 atom stereocenters. The smallest absolute Gasteiger partial charge is 0.257 e. The highest BCUT2D eigenvalue weighted by atomic mass is 35.5. The fraction of sp³-hybridized carbons (Fsp3) is 0.429. The van der Waals surface area contributed by atoms with Crippen LogP contribution in [-0.2, 0) is 9.59 Å². The summed E-state index contributed by atoms with van der Waals surface area (Å²) in [5, 5.41) is 29.4. The van der Waals surface area contributed by atoms with Crippen molar-refractivity contribution in [2.75, 3.05) is 26.4 Å². The SMILES string of the molecule is CC(C)NC(O)CCOc1ccc(OCCCNC(=O)COc2ccc(C3=NNC(=O)CC3)cc2Cl)c(C#N)c1. The lowest BCUT2D eigenvalue weighted by atomic mass is 10.0. The zero-order valence-corrected chi connectivity index (χ0v) is 23.3. The second-order valence-corrected chi connectivity index (χ2v) is 9.73. The van der Waals surface area contributed by atoms with E-state index in [-0.39, 0.29) is 24.5 Å². The molecule has 3 rings (SSSR count). The Kier molecular flexibility index (Phi) is 12.0. The number of nitrogens with zero attached hydrogens (tertiary/aromatic N) is 2. The highest BCUT2D eigenvalue weighted by molar-refractivity contribution is 6.32. The Hall–Kier alpha value is -3.85. The summed E-state index contributed by atoms with van der Waals surface area (Å²) in [5.74, 6) is 0.865. The third kappa shape index (κ3) is 10.0. The zero-order valence-electron chi connectivity index (χ0n) is 22.5. The molecule has 0 aromatic heterocycles. The van der Waals surface area contributed by atoms with E-state index in [2.05, 4.69) is 27.2 Å². The van der Waals surface area contributed by atoms with Crippen LogP contribution < -0.4 is 30.3 Å². The van der Waals surface area contributed by atoms with Gasteiger partial charge < -0.3 is 24.6 Å². The average molecular weight is 572 g/mol. The minimum absolute atomic E-state index is 0.122. The van der Waals surface area contributed by atoms with Crippen molar-refractivity contribution in [3.63, 3.8) is 0 Å². The van der Waals surface area contributed by atoms with Crippen molar-refractivity contribution >= 4 is 29.1 Å². The van der Waals surface area contributed by atoms with Crippen LogP contribution in [0.5, 0.6) is 17.2 Å². The van der Waals surface area contributed by atoms with Crippen molar-refractivity contribution in [2.45, 2.75) is 51.8 Å². The number of halogens is 1. The van der Waals surface area contributed by atoms with Crippen LogP contribution in [0.3, 0.4) is 0 Å². The Morgan fingerprint density at radius 3 is 2.65 bits per heavy atom. The lowest BCUT2D eigenvalue weighted by Gasteiger charge is -2.16. The predicted octanol–water partition coefficient (Wildman–Crippen LogP) is 2.88. The van der Waals surface area contributed by atoms with Gasteiger partial charge >= 0.3 is 0 Å². The van der Waals surface area contributed by atoms with Gasteiger partial charge in [-0.2, -0.15) is 10.4 Å². The molecule has 40 heavy (non-hydrogen) atoms. The summed E-state index contributed by atoms with van der Waals surface area (Å²) in [6, 6.07) is 12.3. The molecule has 1 heterocycles. The lowest BCUT2D eigenvalue weighted by Crippen LogP contribution is -2.35. The molecule has 0 aliphatic carbocycles. The maximum absolute atomic E-state index is 12.2. The van der Waals surface area contributed by atoms with Crippen LogP contribution >= 0.6 is 11.6 Å². The summed E-state index contributed by atoms with van der Waals surface area (Å²) >= 11 is 6.29. The summed E-state index contributed by atoms with van der Waals surface area (Å²) in [6.07, 6.45) is 1.15. The first-order valence-electron chi connectivity index (χ1n) is 13.0. The van der Waals surface area contributed by atoms with Crippen LogP contribution in [0.4, 0.5) is 0 Å². The molecule has 0 bridgehead atoms. The topological polar surface area (TPSA) is 154 Å². The summed E-state index contributed by atoms with van der Waals surface area (Å²) in [7, 11) is 0. The number of ether oxygens (including phenoxy) is 3. The van der Waals surface area contributed by atoms with Gasteiger partial charge in [0.1, 0.15) is 29.5 Å². The molecule has 2 amide bonds. The van der Waals surface area contributed by atoms with Gasteiger partial charge in [0.2, 0.25) is 5.91 Å². The number of carbonyl (C=O) groups is 2. The van der Waals surface area contributed by atoms with E-state index in [1.807, 2.05) is 13.8 Å². The van der Waals surface area contributed by atoms with E-state index in [9.17, 15) is 20.0 Å². The minimum atomic E-state index is -0.663. The van der Waals surface area contributed by atoms with E-state index >= 15 is 0 Å². The number of carbonyl (C=O) groups excluding carboxylic acids is 2. The third-order valence-electron chi connectivity index (χ3n) is 5.69. The molecule has 2 aromatic rings. The van der Waals surface area contributed by atoms with E-state index in [1.165, 1.54) is 0 Å². The number of rotatable bonds is 15. The maximum Gasteiger partial charge on any atom is 0.257 e. The number of aliphatic hydroxyl groups is 1. The van der Waals surface area contributed by atoms with Crippen molar-refractivity contribution in [1.82, 2.24) is 16.1 Å². The molecule has 1 aliphatic heterocycles. The first-order valence-corrected chi connectivity index (χ1v) is 13.4. The highest BCUT2D eigenvalue weighted by Gasteiger charge is 2.15. The maximum atomic E-state index is 12.2. The molecule has 11 nitrogen and oxygen atoms in total. The van der Waals surface area contributed by atoms with Crippen molar-refractivity contribution < 1.29 is 28.9 Å². The summed E-state index contributed by atoms with van der Waals surface area (Å²) in [6.45, 7) is 4.63. The molecule has 0 saturated heterocycles. The first kappa shape index (κ1) is 30.7. The number of nitriles is 1. The van der Waals surface area contributed by atoms with Gasteiger partial charge in [-0.3, -0.25) is 14.9 Å². The molecule has 1 aliphatic rings. The summed E-state index contributed by atoms with van der Waals surface area (Å²) in [4.78, 5) is 23.4. The number of hydrogen-bond acceptors (Lipinski definition) is 9. The van der Waals surface area contributed by atoms with Crippen LogP contribution in [-0.4, -0.2) is 61.3 Å². The zero-order chi connectivity index (χ0) is 28.9. The van der Waals surface area contributed by atoms with Gasteiger partial charge in [-0.05, 0) is 56.2 Å². The minimum Gasteiger partial charge on any atom is -0.493 e. The van der Waals surface area contributed by atoms with Gasteiger partial charge in [-0.25, -0.2) is 5.43 Å². The van der Waals surface area contributed by atoms with Crippen molar-refractivity contribution in [1.29, 1.82) is 5.26 Å². The number of hydrogen-bond donors (Lipinski definition) is 4. The third-order valence-corrected chi connectivity index (χ3v) is 5.98. The molecular weight excluding hydrogens is 538 g/mol. The van der Waals surface area contributed by atoms with Crippen LogP contribution in [0.2, 0.25) is 5.02 Å². The highest BCUT2D eigenvalue weighted by Crippen LogP contribution is 2.27. The van der Waals surface area contributed by atoms with Crippen LogP contribution in [0.25, 0.3) is 0 Å². The van der Waals surface area contributed by atoms with Gasteiger partial charge in [0.05, 0.1) is 29.5 Å². The van der Waals surface area contributed by atoms with Crippen LogP contribution in [0, 0.1) is 11.3 Å². The Morgan fingerprint density at radius 2 is 1.95 bits per heavy atom. The first-order chi connectivity index (χ1) is 19.2. The van der Waals surface area contributed by atoms with Crippen LogP contribution in [0.15, 0.2) is 41.5 Å². The van der Waals surface area contributed by atoms with Gasteiger partial charge in [0.25, 0.3) is 5.91 Å². The molecule has 2 aromatic carbocycles. The molecule has 4 N–H and O–H groups in total. The van der Waals surface area contributed by atoms with E-state index in [0.29, 0.717) is 73.3 Å². The van der Waals surface area contributed by atoms with Crippen molar-refractivity contribution in [3.8, 4) is 23.3 Å². The van der Waals surface area contributed by atoms with E-state index < -0.39 is 6.23 Å². The van der Waals surface area contributed by atoms with Crippen molar-refractivity contribution in [3.05, 3.63) is 52.5 Å². The van der Waals surface area contributed by atoms with Gasteiger partial charge in [0.15, 0.2) is 6.61 Å². The second kappa shape index (κ2) is 15.7. The average Bonchev–Trinajstić information content (AvgIpc) is 2.92. The summed E-state index contributed by atoms with van der Waals surface area (Å²) < 4.78 is 16.9. The Labute approximate surface area is 238 Å². The Morgan fingerprint density at radius 1 is 1.15 bits per heavy atom. The van der Waals surface area contributed by atoms with E-state index in [0.717, 1.165) is 11.3 Å². The Bertz CT molecular complexity index is 1250. The van der Waals surface area contributed by atoms with Gasteiger partial charge in [0, 0.05) is 37.9 Å². The van der Waals surface area contributed by atoms with Gasteiger partial charge in [-0.15, -0.1) is 0 Å². The molecule has 0 saturated carbocycles. The molecular formula is C28H34ClN5O6. The fourth-order valence-corrected chi connectivity index (χ4v) is 3.96. The summed E-state index contributed by atoms with van der Waals surface area (Å²) in [5.41, 5.74) is 4.28. The normalized spacial score (nSPS) is 13.6. The number of benzene rings is 2. The quantitative estimate of drug-likeness (QED) is 0.188. The van der Waals surface area contributed by atoms with Gasteiger partial charge in [-0.1, -0.05) is 11.6 Å². The molecule has 0 radical (unpaired) electrons. The predicted molar refractivity (Wildman–Crippen MR) is 150 cm³/mol. The second-order valence-electron chi connectivity index (χ2n) is 9.32. The molecule has 0 fully saturated rings. The fourth-order valence-electron chi connectivity index (χ4n) is 3.72. The molecule has 214 valence electrons. The van der Waals surface area contributed by atoms with Crippen LogP contribution in [0.1, 0.15) is 50.7 Å². The number of hydrazone groups is 1. The Balaban J connectivity index is 1.35. The number of nitrogens with one attached hydrogen (secondary N) is 3. The van der Waals surface area contributed by atoms with Crippen molar-refractivity contribution in [2.24, 2.45) is 5.10 Å². The monoisotopic (exact) mass is 571 g/mol. The molecule has 1 unspecified atom stereocenters. The number of aliphatic hydroxyl groups excluding tert-OH is 1. The molecule has 0 spiro atoms.